The first-order valence-electron chi connectivity index (χ1n) is 6.40. The van der Waals surface area contributed by atoms with E-state index < -0.39 is 0 Å². The van der Waals surface area contributed by atoms with Crippen LogP contribution in [0.2, 0.25) is 4.34 Å². The van der Waals surface area contributed by atoms with Gasteiger partial charge in [-0.05, 0) is 19.1 Å². The first-order valence-corrected chi connectivity index (χ1v) is 7.59. The Bertz CT molecular complexity index is 616. The third-order valence-corrected chi connectivity index (χ3v) is 4.14. The maximum Gasteiger partial charge on any atom is 0.138 e. The SMILES string of the molecule is Cc1c(N)nc(C(C)(C)C)nc1NCc1ccc(Cl)s1. The summed E-state index contributed by atoms with van der Waals surface area (Å²) in [6, 6.07) is 3.90. The minimum absolute atomic E-state index is 0.134. The Morgan fingerprint density at radius 1 is 1.30 bits per heavy atom. The van der Waals surface area contributed by atoms with Crippen molar-refractivity contribution in [1.29, 1.82) is 0 Å². The highest BCUT2D eigenvalue weighted by Crippen LogP contribution is 2.26. The Kier molecular flexibility index (Phi) is 4.20. The van der Waals surface area contributed by atoms with Crippen molar-refractivity contribution < 1.29 is 0 Å². The summed E-state index contributed by atoms with van der Waals surface area (Å²) in [6.45, 7) is 8.81. The second kappa shape index (κ2) is 5.58. The molecular formula is C14H19ClN4S. The van der Waals surface area contributed by atoms with Gasteiger partial charge in [0.05, 0.1) is 10.9 Å². The summed E-state index contributed by atoms with van der Waals surface area (Å²) in [4.78, 5) is 10.1. The molecule has 0 radical (unpaired) electrons. The highest BCUT2D eigenvalue weighted by molar-refractivity contribution is 7.16. The largest absolute Gasteiger partial charge is 0.383 e. The average molecular weight is 311 g/mol. The van der Waals surface area contributed by atoms with Crippen LogP contribution in [0.4, 0.5) is 11.6 Å². The Morgan fingerprint density at radius 3 is 2.55 bits per heavy atom. The zero-order chi connectivity index (χ0) is 14.9. The molecule has 0 aliphatic carbocycles. The number of nitrogens with zero attached hydrogens (tertiary/aromatic N) is 2. The predicted octanol–water partition coefficient (Wildman–Crippen LogP) is 3.99. The lowest BCUT2D eigenvalue weighted by atomic mass is 9.95. The van der Waals surface area contributed by atoms with Crippen LogP contribution in [0, 0.1) is 6.92 Å². The fourth-order valence-corrected chi connectivity index (χ4v) is 2.69. The number of nitrogen functional groups attached to an aromatic ring is 1. The molecule has 0 saturated carbocycles. The third-order valence-electron chi connectivity index (χ3n) is 2.91. The van der Waals surface area contributed by atoms with Gasteiger partial charge in [-0.25, -0.2) is 9.97 Å². The second-order valence-electron chi connectivity index (χ2n) is 5.72. The van der Waals surface area contributed by atoms with Gasteiger partial charge in [0.25, 0.3) is 0 Å². The Morgan fingerprint density at radius 2 is 2.00 bits per heavy atom. The van der Waals surface area contributed by atoms with Gasteiger partial charge in [-0.2, -0.15) is 0 Å². The van der Waals surface area contributed by atoms with Crippen molar-refractivity contribution in [2.24, 2.45) is 0 Å². The molecule has 0 bridgehead atoms. The van der Waals surface area contributed by atoms with Crippen molar-refractivity contribution in [3.05, 3.63) is 32.7 Å². The summed E-state index contributed by atoms with van der Waals surface area (Å²) in [7, 11) is 0. The number of rotatable bonds is 3. The van der Waals surface area contributed by atoms with Crippen LogP contribution < -0.4 is 11.1 Å². The predicted molar refractivity (Wildman–Crippen MR) is 86.5 cm³/mol. The van der Waals surface area contributed by atoms with Gasteiger partial charge in [0.2, 0.25) is 0 Å². The molecule has 0 aliphatic rings. The van der Waals surface area contributed by atoms with Gasteiger partial charge in [0.1, 0.15) is 17.5 Å². The van der Waals surface area contributed by atoms with Gasteiger partial charge in [0.15, 0.2) is 0 Å². The lowest BCUT2D eigenvalue weighted by Crippen LogP contribution is -2.19. The molecule has 2 aromatic heterocycles. The molecule has 2 rings (SSSR count). The number of anilines is 2. The summed E-state index contributed by atoms with van der Waals surface area (Å²) in [5, 5.41) is 3.32. The quantitative estimate of drug-likeness (QED) is 0.899. The molecule has 0 fully saturated rings. The summed E-state index contributed by atoms with van der Waals surface area (Å²) >= 11 is 7.48. The maximum atomic E-state index is 5.98. The highest BCUT2D eigenvalue weighted by Gasteiger charge is 2.20. The van der Waals surface area contributed by atoms with Crippen LogP contribution >= 0.6 is 22.9 Å². The third kappa shape index (κ3) is 3.41. The normalized spacial score (nSPS) is 11.7. The van der Waals surface area contributed by atoms with E-state index in [0.29, 0.717) is 12.4 Å². The van der Waals surface area contributed by atoms with Crippen LogP contribution in [-0.4, -0.2) is 9.97 Å². The molecule has 0 unspecified atom stereocenters. The van der Waals surface area contributed by atoms with Crippen molar-refractivity contribution in [1.82, 2.24) is 9.97 Å². The molecule has 3 N–H and O–H groups in total. The Hall–Kier alpha value is -1.33. The molecular weight excluding hydrogens is 292 g/mol. The topological polar surface area (TPSA) is 63.8 Å². The van der Waals surface area contributed by atoms with E-state index in [2.05, 4.69) is 36.1 Å². The van der Waals surface area contributed by atoms with Crippen molar-refractivity contribution in [2.75, 3.05) is 11.1 Å². The standard InChI is InChI=1S/C14H19ClN4S/c1-8-11(16)18-13(14(2,3)4)19-12(8)17-7-9-5-6-10(15)20-9/h5-6H,7H2,1-4H3,(H3,16,17,18,19). The van der Waals surface area contributed by atoms with Crippen molar-refractivity contribution in [3.8, 4) is 0 Å². The number of thiophene rings is 1. The van der Waals surface area contributed by atoms with Gasteiger partial charge in [-0.1, -0.05) is 32.4 Å². The lowest BCUT2D eigenvalue weighted by Gasteiger charge is -2.19. The van der Waals surface area contributed by atoms with Crippen LogP contribution in [0.15, 0.2) is 12.1 Å². The molecule has 0 aliphatic heterocycles. The first kappa shape index (κ1) is 15.1. The zero-order valence-electron chi connectivity index (χ0n) is 12.1. The van der Waals surface area contributed by atoms with Crippen LogP contribution in [0.25, 0.3) is 0 Å². The smallest absolute Gasteiger partial charge is 0.138 e. The van der Waals surface area contributed by atoms with E-state index >= 15 is 0 Å². The molecule has 20 heavy (non-hydrogen) atoms. The molecule has 0 amide bonds. The number of hydrogen-bond donors (Lipinski definition) is 2. The number of halogens is 1. The van der Waals surface area contributed by atoms with E-state index in [0.717, 1.165) is 26.4 Å². The highest BCUT2D eigenvalue weighted by atomic mass is 35.5. The van der Waals surface area contributed by atoms with Crippen LogP contribution in [0.5, 0.6) is 0 Å². The molecule has 108 valence electrons. The minimum atomic E-state index is -0.134. The maximum absolute atomic E-state index is 5.98. The minimum Gasteiger partial charge on any atom is -0.383 e. The van der Waals surface area contributed by atoms with Crippen LogP contribution in [-0.2, 0) is 12.0 Å². The van der Waals surface area contributed by atoms with Gasteiger partial charge < -0.3 is 11.1 Å². The van der Waals surface area contributed by atoms with Gasteiger partial charge in [-0.3, -0.25) is 0 Å². The molecule has 0 saturated heterocycles. The average Bonchev–Trinajstić information content (AvgIpc) is 2.75. The van der Waals surface area contributed by atoms with Crippen LogP contribution in [0.1, 0.15) is 37.0 Å². The number of aromatic nitrogens is 2. The summed E-state index contributed by atoms with van der Waals surface area (Å²) in [6.07, 6.45) is 0. The Labute approximate surface area is 128 Å². The fraction of sp³-hybridized carbons (Fsp3) is 0.429. The monoisotopic (exact) mass is 310 g/mol. The molecule has 6 heteroatoms. The molecule has 4 nitrogen and oxygen atoms in total. The number of nitrogens with one attached hydrogen (secondary N) is 1. The summed E-state index contributed by atoms with van der Waals surface area (Å²) < 4.78 is 0.788. The number of hydrogen-bond acceptors (Lipinski definition) is 5. The molecule has 2 heterocycles. The van der Waals surface area contributed by atoms with Gasteiger partial charge >= 0.3 is 0 Å². The van der Waals surface area contributed by atoms with E-state index in [1.54, 1.807) is 11.3 Å². The molecule has 0 atom stereocenters. The van der Waals surface area contributed by atoms with Crippen LogP contribution in [0.3, 0.4) is 0 Å². The van der Waals surface area contributed by atoms with Gasteiger partial charge in [-0.15, -0.1) is 11.3 Å². The van der Waals surface area contributed by atoms with E-state index in [4.69, 9.17) is 17.3 Å². The summed E-state index contributed by atoms with van der Waals surface area (Å²) in [5.41, 5.74) is 6.72. The molecule has 0 spiro atoms. The van der Waals surface area contributed by atoms with E-state index in [-0.39, 0.29) is 5.41 Å². The summed E-state index contributed by atoms with van der Waals surface area (Å²) in [5.74, 6) is 2.05. The number of nitrogens with two attached hydrogens (primary N) is 1. The zero-order valence-corrected chi connectivity index (χ0v) is 13.7. The van der Waals surface area contributed by atoms with E-state index in [1.165, 1.54) is 0 Å². The van der Waals surface area contributed by atoms with Crippen molar-refractivity contribution in [2.45, 2.75) is 39.7 Å². The second-order valence-corrected chi connectivity index (χ2v) is 7.52. The fourth-order valence-electron chi connectivity index (χ4n) is 1.66. The van der Waals surface area contributed by atoms with E-state index in [1.807, 2.05) is 19.1 Å². The molecule has 0 aromatic carbocycles. The van der Waals surface area contributed by atoms with Crippen molar-refractivity contribution >= 4 is 34.6 Å². The van der Waals surface area contributed by atoms with E-state index in [9.17, 15) is 0 Å². The Balaban J connectivity index is 2.24. The van der Waals surface area contributed by atoms with Crippen molar-refractivity contribution in [3.63, 3.8) is 0 Å². The molecule has 2 aromatic rings. The van der Waals surface area contributed by atoms with Gasteiger partial charge in [0, 0.05) is 15.9 Å². The lowest BCUT2D eigenvalue weighted by molar-refractivity contribution is 0.546. The first-order chi connectivity index (χ1) is 9.27.